The van der Waals surface area contributed by atoms with Gasteiger partial charge in [-0.25, -0.2) is 26.4 Å². The van der Waals surface area contributed by atoms with Crippen molar-refractivity contribution in [2.45, 2.75) is 48.7 Å². The fraction of sp³-hybridized carbons (Fsp3) is 0.562. The van der Waals surface area contributed by atoms with Gasteiger partial charge in [-0.15, -0.1) is 0 Å². The van der Waals surface area contributed by atoms with E-state index in [9.17, 15) is 21.6 Å². The molecule has 150 valence electrons. The van der Waals surface area contributed by atoms with Gasteiger partial charge < -0.3 is 4.74 Å². The number of amides is 1. The molecule has 2 unspecified atom stereocenters. The summed E-state index contributed by atoms with van der Waals surface area (Å²) in [6.07, 6.45) is 2.99. The Labute approximate surface area is 159 Å². The van der Waals surface area contributed by atoms with Crippen LogP contribution in [0.5, 0.6) is 0 Å². The first kappa shape index (κ1) is 20.1. The van der Waals surface area contributed by atoms with Crippen LogP contribution in [-0.2, 0) is 24.8 Å². The summed E-state index contributed by atoms with van der Waals surface area (Å²) in [5.74, 6) is 0. The molecule has 0 radical (unpaired) electrons. The number of piperidine rings is 1. The Morgan fingerprint density at radius 1 is 1.07 bits per heavy atom. The fourth-order valence-electron chi connectivity index (χ4n) is 3.95. The van der Waals surface area contributed by atoms with Crippen molar-refractivity contribution in [3.8, 4) is 0 Å². The van der Waals surface area contributed by atoms with Crippen LogP contribution in [0.15, 0.2) is 29.2 Å². The summed E-state index contributed by atoms with van der Waals surface area (Å²) in [6, 6.07) is 5.12. The molecular formula is C16H23N3O6S2. The van der Waals surface area contributed by atoms with Crippen molar-refractivity contribution in [1.29, 1.82) is 0 Å². The number of sulfonamides is 2. The number of anilines is 1. The molecule has 2 heterocycles. The predicted molar refractivity (Wildman–Crippen MR) is 99.3 cm³/mol. The van der Waals surface area contributed by atoms with Crippen molar-refractivity contribution in [1.82, 2.24) is 9.03 Å². The zero-order valence-electron chi connectivity index (χ0n) is 15.1. The Bertz CT molecular complexity index is 900. The molecule has 0 saturated carbocycles. The van der Waals surface area contributed by atoms with Crippen LogP contribution in [0.4, 0.5) is 10.5 Å². The topological polar surface area (TPSA) is 122 Å². The van der Waals surface area contributed by atoms with Gasteiger partial charge in [0, 0.05) is 23.8 Å². The minimum atomic E-state index is -3.74. The van der Waals surface area contributed by atoms with E-state index in [0.717, 1.165) is 12.8 Å². The molecule has 0 aromatic heterocycles. The summed E-state index contributed by atoms with van der Waals surface area (Å²) >= 11 is 0. The number of rotatable bonds is 5. The number of fused-ring (bicyclic) bond motifs is 2. The van der Waals surface area contributed by atoms with Gasteiger partial charge in [0.15, 0.2) is 0 Å². The van der Waals surface area contributed by atoms with E-state index in [0.29, 0.717) is 18.5 Å². The highest BCUT2D eigenvalue weighted by Crippen LogP contribution is 2.37. The van der Waals surface area contributed by atoms with Crippen LogP contribution in [0.25, 0.3) is 0 Å². The predicted octanol–water partition coefficient (Wildman–Crippen LogP) is 1.10. The van der Waals surface area contributed by atoms with E-state index in [2.05, 4.69) is 14.8 Å². The van der Waals surface area contributed by atoms with Gasteiger partial charge >= 0.3 is 6.09 Å². The summed E-state index contributed by atoms with van der Waals surface area (Å²) < 4.78 is 57.9. The molecular weight excluding hydrogens is 394 g/mol. The molecule has 2 bridgehead atoms. The molecule has 9 nitrogen and oxygen atoms in total. The zero-order chi connectivity index (χ0) is 19.8. The van der Waals surface area contributed by atoms with Crippen LogP contribution in [-0.4, -0.2) is 58.7 Å². The third-order valence-corrected chi connectivity index (χ3v) is 7.87. The van der Waals surface area contributed by atoms with Crippen LogP contribution in [0.2, 0.25) is 0 Å². The molecule has 1 amide bonds. The van der Waals surface area contributed by atoms with Gasteiger partial charge in [0.2, 0.25) is 20.0 Å². The summed E-state index contributed by atoms with van der Waals surface area (Å²) in [6.45, 7) is 0. The van der Waals surface area contributed by atoms with Gasteiger partial charge in [0.25, 0.3) is 0 Å². The van der Waals surface area contributed by atoms with Crippen molar-refractivity contribution in [3.63, 3.8) is 0 Å². The molecule has 11 heteroatoms. The van der Waals surface area contributed by atoms with Crippen molar-refractivity contribution in [2.24, 2.45) is 0 Å². The van der Waals surface area contributed by atoms with Crippen molar-refractivity contribution < 1.29 is 26.4 Å². The van der Waals surface area contributed by atoms with Gasteiger partial charge in [0.05, 0.1) is 18.3 Å². The fourth-order valence-corrected chi connectivity index (χ4v) is 6.67. The summed E-state index contributed by atoms with van der Waals surface area (Å²) in [5.41, 5.74) is 0.417. The molecule has 2 N–H and O–H groups in total. The lowest BCUT2D eigenvalue weighted by molar-refractivity contribution is 0.187. The lowest BCUT2D eigenvalue weighted by Gasteiger charge is -2.37. The molecule has 27 heavy (non-hydrogen) atoms. The second-order valence-electron chi connectivity index (χ2n) is 6.91. The van der Waals surface area contributed by atoms with Gasteiger partial charge in [0.1, 0.15) is 0 Å². The van der Waals surface area contributed by atoms with E-state index in [4.69, 9.17) is 0 Å². The Morgan fingerprint density at radius 2 is 1.63 bits per heavy atom. The minimum absolute atomic E-state index is 0.0794. The van der Waals surface area contributed by atoms with E-state index >= 15 is 0 Å². The smallest absolute Gasteiger partial charge is 0.411 e. The number of ether oxygens (including phenoxy) is 1. The molecule has 0 spiro atoms. The van der Waals surface area contributed by atoms with Crippen molar-refractivity contribution >= 4 is 31.8 Å². The second-order valence-corrected chi connectivity index (χ2v) is 10.5. The maximum Gasteiger partial charge on any atom is 0.411 e. The molecule has 2 saturated heterocycles. The van der Waals surface area contributed by atoms with Crippen LogP contribution >= 0.6 is 0 Å². The van der Waals surface area contributed by atoms with E-state index in [1.807, 2.05) is 0 Å². The largest absolute Gasteiger partial charge is 0.453 e. The van der Waals surface area contributed by atoms with Gasteiger partial charge in [-0.3, -0.25) is 5.32 Å². The van der Waals surface area contributed by atoms with Crippen molar-refractivity contribution in [2.75, 3.05) is 18.7 Å². The first-order valence-electron chi connectivity index (χ1n) is 8.56. The highest BCUT2D eigenvalue weighted by molar-refractivity contribution is 7.89. The quantitative estimate of drug-likeness (QED) is 0.740. The van der Waals surface area contributed by atoms with Gasteiger partial charge in [-0.05, 0) is 49.9 Å². The van der Waals surface area contributed by atoms with E-state index in [1.54, 1.807) is 0 Å². The zero-order valence-corrected chi connectivity index (χ0v) is 16.7. The van der Waals surface area contributed by atoms with E-state index in [-0.39, 0.29) is 23.0 Å². The number of nitrogens with zero attached hydrogens (tertiary/aromatic N) is 1. The van der Waals surface area contributed by atoms with Crippen LogP contribution < -0.4 is 10.0 Å². The number of nitrogens with one attached hydrogen (secondary N) is 2. The maximum atomic E-state index is 12.6. The number of carbonyl (C=O) groups excluding carboxylic acids is 1. The molecule has 0 aliphatic carbocycles. The Kier molecular flexibility index (Phi) is 5.48. The van der Waals surface area contributed by atoms with Crippen molar-refractivity contribution in [3.05, 3.63) is 24.3 Å². The summed E-state index contributed by atoms with van der Waals surface area (Å²) in [7, 11) is -5.79. The van der Waals surface area contributed by atoms with Gasteiger partial charge in [-0.2, -0.15) is 4.31 Å². The second kappa shape index (κ2) is 7.38. The van der Waals surface area contributed by atoms with Crippen LogP contribution in [0, 0.1) is 0 Å². The highest BCUT2D eigenvalue weighted by Gasteiger charge is 2.45. The number of hydrogen-bond donors (Lipinski definition) is 2. The SMILES string of the molecule is COC(=O)Nc1ccc(S(=O)(=O)NC2CC3CCC(C2)N3S(C)(=O)=O)cc1. The normalized spacial score (nSPS) is 25.9. The van der Waals surface area contributed by atoms with Gasteiger partial charge in [-0.1, -0.05) is 0 Å². The first-order valence-corrected chi connectivity index (χ1v) is 11.9. The van der Waals surface area contributed by atoms with E-state index < -0.39 is 26.1 Å². The third kappa shape index (κ3) is 4.42. The molecule has 2 atom stereocenters. The molecule has 2 fully saturated rings. The number of carbonyl (C=O) groups is 1. The molecule has 2 aliphatic rings. The monoisotopic (exact) mass is 417 g/mol. The highest BCUT2D eigenvalue weighted by atomic mass is 32.2. The Morgan fingerprint density at radius 3 is 2.11 bits per heavy atom. The summed E-state index contributed by atoms with van der Waals surface area (Å²) in [5, 5.41) is 2.45. The average molecular weight is 418 g/mol. The molecule has 1 aromatic rings. The lowest BCUT2D eigenvalue weighted by Crippen LogP contribution is -2.51. The number of hydrogen-bond acceptors (Lipinski definition) is 6. The number of benzene rings is 1. The minimum Gasteiger partial charge on any atom is -0.453 e. The van der Waals surface area contributed by atoms with Crippen LogP contribution in [0.1, 0.15) is 25.7 Å². The third-order valence-electron chi connectivity index (χ3n) is 4.97. The molecule has 1 aromatic carbocycles. The average Bonchev–Trinajstić information content (AvgIpc) is 2.87. The molecule has 2 aliphatic heterocycles. The standard InChI is InChI=1S/C16H23N3O6S2/c1-25-16(20)17-11-3-7-15(8-4-11)27(23,24)18-12-9-13-5-6-14(10-12)19(13)26(2,21)22/h3-4,7-8,12-14,18H,5-6,9-10H2,1-2H3,(H,17,20). The van der Waals surface area contributed by atoms with Crippen LogP contribution in [0.3, 0.4) is 0 Å². The Hall–Kier alpha value is -1.69. The Balaban J connectivity index is 1.68. The lowest BCUT2D eigenvalue weighted by atomic mass is 10.0. The maximum absolute atomic E-state index is 12.6. The summed E-state index contributed by atoms with van der Waals surface area (Å²) in [4.78, 5) is 11.3. The first-order chi connectivity index (χ1) is 12.6. The number of methoxy groups -OCH3 is 1. The molecule has 3 rings (SSSR count). The van der Waals surface area contributed by atoms with E-state index in [1.165, 1.54) is 41.9 Å².